The molecule has 0 atom stereocenters. The van der Waals surface area contributed by atoms with Gasteiger partial charge in [-0.25, -0.2) is 9.07 Å². The van der Waals surface area contributed by atoms with Crippen molar-refractivity contribution in [2.24, 2.45) is 0 Å². The molecule has 8 heteroatoms. The molecule has 0 aliphatic heterocycles. The van der Waals surface area contributed by atoms with Crippen molar-refractivity contribution >= 4 is 34.0 Å². The number of aromatic nitrogens is 3. The molecule has 20 heavy (non-hydrogen) atoms. The van der Waals surface area contributed by atoms with Crippen LogP contribution in [0.15, 0.2) is 29.1 Å². The number of hydrogen-bond donors (Lipinski definition) is 1. The Bertz CT molecular complexity index is 916. The lowest BCUT2D eigenvalue weighted by Crippen LogP contribution is -2.28. The first kappa shape index (κ1) is 12.6. The van der Waals surface area contributed by atoms with Gasteiger partial charge in [0.1, 0.15) is 17.9 Å². The molecule has 6 nitrogen and oxygen atoms in total. The van der Waals surface area contributed by atoms with Crippen molar-refractivity contribution in [3.63, 3.8) is 0 Å². The SMILES string of the molecule is O=C(O)Cn1nc(Cl)n2c(cc3ccc(F)cc32)c1=O. The molecule has 0 saturated heterocycles. The maximum absolute atomic E-state index is 13.3. The molecule has 0 fully saturated rings. The molecule has 0 spiro atoms. The Kier molecular flexibility index (Phi) is 2.72. The van der Waals surface area contributed by atoms with Crippen molar-refractivity contribution < 1.29 is 14.3 Å². The largest absolute Gasteiger partial charge is 0.480 e. The number of fused-ring (bicyclic) bond motifs is 3. The van der Waals surface area contributed by atoms with Gasteiger partial charge < -0.3 is 5.11 Å². The second-order valence-corrected chi connectivity index (χ2v) is 4.53. The third-order valence-electron chi connectivity index (χ3n) is 2.89. The van der Waals surface area contributed by atoms with Crippen LogP contribution in [0.5, 0.6) is 0 Å². The zero-order chi connectivity index (χ0) is 14.4. The molecule has 0 radical (unpaired) electrons. The number of halogens is 2. The Balaban J connectivity index is 2.43. The first-order valence-corrected chi connectivity index (χ1v) is 5.94. The van der Waals surface area contributed by atoms with Crippen LogP contribution < -0.4 is 5.56 Å². The number of aliphatic carboxylic acids is 1. The molecule has 0 saturated carbocycles. The summed E-state index contributed by atoms with van der Waals surface area (Å²) in [5.41, 5.74) is -0.0580. The van der Waals surface area contributed by atoms with Crippen LogP contribution >= 0.6 is 11.6 Å². The average Bonchev–Trinajstić information content (AvgIpc) is 2.74. The number of carbonyl (C=O) groups is 1. The Morgan fingerprint density at radius 1 is 1.35 bits per heavy atom. The minimum atomic E-state index is -1.21. The van der Waals surface area contributed by atoms with Gasteiger partial charge in [-0.2, -0.15) is 0 Å². The molecule has 0 aliphatic carbocycles. The highest BCUT2D eigenvalue weighted by atomic mass is 35.5. The van der Waals surface area contributed by atoms with Gasteiger partial charge in [0.2, 0.25) is 5.28 Å². The summed E-state index contributed by atoms with van der Waals surface area (Å²) in [7, 11) is 0. The minimum Gasteiger partial charge on any atom is -0.480 e. The van der Waals surface area contributed by atoms with E-state index in [9.17, 15) is 14.0 Å². The Labute approximate surface area is 115 Å². The van der Waals surface area contributed by atoms with Gasteiger partial charge in [-0.1, -0.05) is 0 Å². The molecule has 0 bridgehead atoms. The maximum atomic E-state index is 13.3. The number of carboxylic acid groups (broad SMARTS) is 1. The van der Waals surface area contributed by atoms with Gasteiger partial charge in [0.05, 0.1) is 5.52 Å². The Morgan fingerprint density at radius 3 is 2.80 bits per heavy atom. The highest BCUT2D eigenvalue weighted by Crippen LogP contribution is 2.22. The second-order valence-electron chi connectivity index (χ2n) is 4.19. The van der Waals surface area contributed by atoms with Gasteiger partial charge in [0, 0.05) is 5.39 Å². The maximum Gasteiger partial charge on any atom is 0.325 e. The zero-order valence-electron chi connectivity index (χ0n) is 9.88. The fraction of sp³-hybridized carbons (Fsp3) is 0.0833. The van der Waals surface area contributed by atoms with Crippen LogP contribution in [-0.2, 0) is 11.3 Å². The summed E-state index contributed by atoms with van der Waals surface area (Å²) in [6.45, 7) is -0.592. The van der Waals surface area contributed by atoms with Crippen LogP contribution in [0.2, 0.25) is 5.28 Å². The first-order chi connectivity index (χ1) is 9.47. The van der Waals surface area contributed by atoms with E-state index in [0.717, 1.165) is 4.68 Å². The lowest BCUT2D eigenvalue weighted by Gasteiger charge is -2.04. The summed E-state index contributed by atoms with van der Waals surface area (Å²) in [4.78, 5) is 22.8. The molecule has 1 N–H and O–H groups in total. The van der Waals surface area contributed by atoms with Crippen LogP contribution in [-0.4, -0.2) is 25.3 Å². The van der Waals surface area contributed by atoms with Gasteiger partial charge >= 0.3 is 5.97 Å². The molecule has 3 aromatic rings. The molecule has 3 rings (SSSR count). The number of nitrogens with zero attached hydrogens (tertiary/aromatic N) is 3. The van der Waals surface area contributed by atoms with Gasteiger partial charge in [-0.15, -0.1) is 5.10 Å². The van der Waals surface area contributed by atoms with Gasteiger partial charge in [0.15, 0.2) is 0 Å². The predicted molar refractivity (Wildman–Crippen MR) is 69.6 cm³/mol. The quantitative estimate of drug-likeness (QED) is 0.778. The van der Waals surface area contributed by atoms with E-state index < -0.39 is 23.9 Å². The summed E-state index contributed by atoms with van der Waals surface area (Å²) in [5, 5.41) is 13.0. The lowest BCUT2D eigenvalue weighted by atomic mass is 10.2. The van der Waals surface area contributed by atoms with Crippen LogP contribution in [0, 0.1) is 5.82 Å². The van der Waals surface area contributed by atoms with E-state index in [1.807, 2.05) is 0 Å². The highest BCUT2D eigenvalue weighted by Gasteiger charge is 2.14. The van der Waals surface area contributed by atoms with Gasteiger partial charge in [0.25, 0.3) is 5.56 Å². The summed E-state index contributed by atoms with van der Waals surface area (Å²) in [6.07, 6.45) is 0. The van der Waals surface area contributed by atoms with Gasteiger partial charge in [-0.3, -0.25) is 14.0 Å². The highest BCUT2D eigenvalue weighted by molar-refractivity contribution is 6.29. The van der Waals surface area contributed by atoms with Crippen LogP contribution in [0.3, 0.4) is 0 Å². The molecule has 2 aromatic heterocycles. The second kappa shape index (κ2) is 4.31. The molecular formula is C12H7ClFN3O3. The summed E-state index contributed by atoms with van der Waals surface area (Å²) in [5.74, 6) is -1.68. The lowest BCUT2D eigenvalue weighted by molar-refractivity contribution is -0.138. The van der Waals surface area contributed by atoms with Crippen molar-refractivity contribution in [2.75, 3.05) is 0 Å². The average molecular weight is 296 g/mol. The van der Waals surface area contributed by atoms with Crippen molar-refractivity contribution in [3.8, 4) is 0 Å². The van der Waals surface area contributed by atoms with Crippen molar-refractivity contribution in [3.05, 3.63) is 45.7 Å². The molecule has 102 valence electrons. The van der Waals surface area contributed by atoms with E-state index in [2.05, 4.69) is 5.10 Å². The van der Waals surface area contributed by atoms with E-state index in [1.165, 1.54) is 28.7 Å². The van der Waals surface area contributed by atoms with Crippen LogP contribution in [0.4, 0.5) is 4.39 Å². The third-order valence-corrected chi connectivity index (χ3v) is 3.14. The van der Waals surface area contributed by atoms with Crippen molar-refractivity contribution in [1.82, 2.24) is 14.2 Å². The summed E-state index contributed by atoms with van der Waals surface area (Å²) >= 11 is 5.97. The predicted octanol–water partition coefficient (Wildman–Crippen LogP) is 1.53. The van der Waals surface area contributed by atoms with E-state index in [1.54, 1.807) is 0 Å². The summed E-state index contributed by atoms with van der Waals surface area (Å²) < 4.78 is 15.3. The minimum absolute atomic E-state index is 0.110. The first-order valence-electron chi connectivity index (χ1n) is 5.56. The normalized spacial score (nSPS) is 11.3. The molecule has 1 aromatic carbocycles. The number of carboxylic acids is 1. The standard InChI is InChI=1S/C12H7ClFN3O3/c13-12-15-16(5-10(18)19)11(20)9-3-6-1-2-7(14)4-8(6)17(9)12/h1-4H,5H2,(H,18,19). The topological polar surface area (TPSA) is 76.6 Å². The molecule has 2 heterocycles. The van der Waals surface area contributed by atoms with Crippen molar-refractivity contribution in [2.45, 2.75) is 6.54 Å². The Morgan fingerprint density at radius 2 is 2.10 bits per heavy atom. The van der Waals surface area contributed by atoms with Gasteiger partial charge in [-0.05, 0) is 35.9 Å². The molecule has 0 amide bonds. The number of benzene rings is 1. The molecule has 0 aliphatic rings. The van der Waals surface area contributed by atoms with Crippen LogP contribution in [0.25, 0.3) is 16.4 Å². The monoisotopic (exact) mass is 295 g/mol. The van der Waals surface area contributed by atoms with E-state index in [0.29, 0.717) is 10.9 Å². The fourth-order valence-electron chi connectivity index (χ4n) is 2.09. The summed E-state index contributed by atoms with van der Waals surface area (Å²) in [6, 6.07) is 5.52. The third kappa shape index (κ3) is 1.83. The Hall–Kier alpha value is -2.41. The van der Waals surface area contributed by atoms with Crippen molar-refractivity contribution in [1.29, 1.82) is 0 Å². The molecular weight excluding hydrogens is 289 g/mol. The van der Waals surface area contributed by atoms with E-state index in [-0.39, 0.29) is 10.8 Å². The zero-order valence-corrected chi connectivity index (χ0v) is 10.6. The van der Waals surface area contributed by atoms with E-state index >= 15 is 0 Å². The number of hydrogen-bond acceptors (Lipinski definition) is 3. The number of rotatable bonds is 2. The van der Waals surface area contributed by atoms with Crippen LogP contribution in [0.1, 0.15) is 0 Å². The van der Waals surface area contributed by atoms with E-state index in [4.69, 9.17) is 16.7 Å². The fourth-order valence-corrected chi connectivity index (χ4v) is 2.36. The smallest absolute Gasteiger partial charge is 0.325 e. The molecule has 0 unspecified atom stereocenters.